The molecule has 0 aliphatic heterocycles. The van der Waals surface area contributed by atoms with Crippen LogP contribution in [0.2, 0.25) is 0 Å². The third-order valence-corrected chi connectivity index (χ3v) is 2.94. The molecule has 0 unspecified atom stereocenters. The molecule has 4 nitrogen and oxygen atoms in total. The number of phenols is 1. The molecule has 102 valence electrons. The van der Waals surface area contributed by atoms with Crippen LogP contribution in [0.1, 0.15) is 21.5 Å². The molecular formula is C16H14O4. The number of esters is 1. The molecule has 0 atom stereocenters. The lowest BCUT2D eigenvalue weighted by Gasteiger charge is -2.07. The molecule has 0 spiro atoms. The van der Waals surface area contributed by atoms with Crippen LogP contribution in [-0.4, -0.2) is 24.0 Å². The average molecular weight is 270 g/mol. The fourth-order valence-corrected chi connectivity index (χ4v) is 1.85. The van der Waals surface area contributed by atoms with Crippen molar-refractivity contribution in [1.82, 2.24) is 0 Å². The third kappa shape index (κ3) is 3.03. The van der Waals surface area contributed by atoms with Gasteiger partial charge in [0.1, 0.15) is 5.75 Å². The standard InChI is InChI=1S/C16H14O4/c1-20-15(18)10-13-9-12(7-8-14(13)17)16(19)11-5-3-2-4-6-11/h2-9,17H,10H2,1H3. The molecule has 0 heterocycles. The van der Waals surface area contributed by atoms with Crippen LogP contribution in [0.25, 0.3) is 0 Å². The van der Waals surface area contributed by atoms with Gasteiger partial charge in [-0.15, -0.1) is 0 Å². The summed E-state index contributed by atoms with van der Waals surface area (Å²) in [6.07, 6.45) is -0.0712. The van der Waals surface area contributed by atoms with Crippen molar-refractivity contribution in [3.63, 3.8) is 0 Å². The highest BCUT2D eigenvalue weighted by Gasteiger charge is 2.13. The van der Waals surface area contributed by atoms with Gasteiger partial charge in [-0.25, -0.2) is 0 Å². The molecule has 0 saturated heterocycles. The van der Waals surface area contributed by atoms with Crippen molar-refractivity contribution < 1.29 is 19.4 Å². The Balaban J connectivity index is 2.32. The van der Waals surface area contributed by atoms with Gasteiger partial charge in [0.15, 0.2) is 5.78 Å². The van der Waals surface area contributed by atoms with Crippen LogP contribution in [0, 0.1) is 0 Å². The van der Waals surface area contributed by atoms with Crippen LogP contribution >= 0.6 is 0 Å². The summed E-state index contributed by atoms with van der Waals surface area (Å²) in [4.78, 5) is 23.5. The molecule has 0 aromatic heterocycles. The summed E-state index contributed by atoms with van der Waals surface area (Å²) in [6, 6.07) is 13.3. The van der Waals surface area contributed by atoms with E-state index in [0.29, 0.717) is 16.7 Å². The van der Waals surface area contributed by atoms with Gasteiger partial charge in [-0.05, 0) is 18.2 Å². The highest BCUT2D eigenvalue weighted by Crippen LogP contribution is 2.21. The smallest absolute Gasteiger partial charge is 0.310 e. The maximum absolute atomic E-state index is 12.3. The van der Waals surface area contributed by atoms with Crippen molar-refractivity contribution in [1.29, 1.82) is 0 Å². The van der Waals surface area contributed by atoms with Gasteiger partial charge >= 0.3 is 5.97 Å². The predicted molar refractivity (Wildman–Crippen MR) is 73.7 cm³/mol. The number of ketones is 1. The van der Waals surface area contributed by atoms with E-state index >= 15 is 0 Å². The first-order chi connectivity index (χ1) is 9.61. The van der Waals surface area contributed by atoms with Crippen molar-refractivity contribution >= 4 is 11.8 Å². The molecule has 4 heteroatoms. The first kappa shape index (κ1) is 13.8. The third-order valence-electron chi connectivity index (χ3n) is 2.94. The normalized spacial score (nSPS) is 10.1. The van der Waals surface area contributed by atoms with Gasteiger partial charge in [0.25, 0.3) is 0 Å². The van der Waals surface area contributed by atoms with E-state index < -0.39 is 5.97 Å². The van der Waals surface area contributed by atoms with E-state index in [-0.39, 0.29) is 18.0 Å². The second kappa shape index (κ2) is 6.02. The van der Waals surface area contributed by atoms with Gasteiger partial charge in [-0.2, -0.15) is 0 Å². The Morgan fingerprint density at radius 2 is 1.75 bits per heavy atom. The topological polar surface area (TPSA) is 63.6 Å². The van der Waals surface area contributed by atoms with E-state index in [1.807, 2.05) is 6.07 Å². The Bertz CT molecular complexity index is 632. The van der Waals surface area contributed by atoms with Crippen LogP contribution in [0.15, 0.2) is 48.5 Å². The average Bonchev–Trinajstić information content (AvgIpc) is 2.49. The van der Waals surface area contributed by atoms with Crippen molar-refractivity contribution in [2.75, 3.05) is 7.11 Å². The molecule has 2 rings (SSSR count). The fraction of sp³-hybridized carbons (Fsp3) is 0.125. The number of phenolic OH excluding ortho intramolecular Hbond substituents is 1. The minimum absolute atomic E-state index is 0.0278. The number of carbonyl (C=O) groups is 2. The number of hydrogen-bond acceptors (Lipinski definition) is 4. The first-order valence-corrected chi connectivity index (χ1v) is 6.10. The van der Waals surface area contributed by atoms with Gasteiger partial charge in [-0.3, -0.25) is 9.59 Å². The van der Waals surface area contributed by atoms with Crippen molar-refractivity contribution in [3.8, 4) is 5.75 Å². The highest BCUT2D eigenvalue weighted by atomic mass is 16.5. The highest BCUT2D eigenvalue weighted by molar-refractivity contribution is 6.09. The molecule has 0 radical (unpaired) electrons. The molecule has 2 aromatic rings. The summed E-state index contributed by atoms with van der Waals surface area (Å²) in [5, 5.41) is 9.71. The number of rotatable bonds is 4. The van der Waals surface area contributed by atoms with E-state index in [9.17, 15) is 14.7 Å². The monoisotopic (exact) mass is 270 g/mol. The zero-order valence-electron chi connectivity index (χ0n) is 11.0. The molecular weight excluding hydrogens is 256 g/mol. The van der Waals surface area contributed by atoms with Crippen LogP contribution < -0.4 is 0 Å². The quantitative estimate of drug-likeness (QED) is 0.684. The maximum atomic E-state index is 12.3. The SMILES string of the molecule is COC(=O)Cc1cc(C(=O)c2ccccc2)ccc1O. The number of methoxy groups -OCH3 is 1. The lowest BCUT2D eigenvalue weighted by atomic mass is 10.00. The summed E-state index contributed by atoms with van der Waals surface area (Å²) in [5.74, 6) is -0.652. The molecule has 0 saturated carbocycles. The molecule has 0 aliphatic rings. The lowest BCUT2D eigenvalue weighted by Crippen LogP contribution is -2.07. The molecule has 1 N–H and O–H groups in total. The van der Waals surface area contributed by atoms with Gasteiger partial charge in [0.2, 0.25) is 0 Å². The van der Waals surface area contributed by atoms with Crippen LogP contribution in [0.4, 0.5) is 0 Å². The number of hydrogen-bond donors (Lipinski definition) is 1. The summed E-state index contributed by atoms with van der Waals surface area (Å²) in [6.45, 7) is 0. The maximum Gasteiger partial charge on any atom is 0.310 e. The molecule has 0 aliphatic carbocycles. The summed E-state index contributed by atoms with van der Waals surface area (Å²) in [5.41, 5.74) is 1.36. The lowest BCUT2D eigenvalue weighted by molar-refractivity contribution is -0.139. The Labute approximate surface area is 116 Å². The largest absolute Gasteiger partial charge is 0.508 e. The van der Waals surface area contributed by atoms with Gasteiger partial charge in [0.05, 0.1) is 13.5 Å². The van der Waals surface area contributed by atoms with Crippen LogP contribution in [0.3, 0.4) is 0 Å². The Kier molecular flexibility index (Phi) is 4.15. The van der Waals surface area contributed by atoms with Crippen molar-refractivity contribution in [2.45, 2.75) is 6.42 Å². The van der Waals surface area contributed by atoms with Crippen molar-refractivity contribution in [3.05, 3.63) is 65.2 Å². The van der Waals surface area contributed by atoms with Crippen LogP contribution in [0.5, 0.6) is 5.75 Å². The Hall–Kier alpha value is -2.62. The Morgan fingerprint density at radius 1 is 1.05 bits per heavy atom. The molecule has 20 heavy (non-hydrogen) atoms. The zero-order valence-corrected chi connectivity index (χ0v) is 11.0. The van der Waals surface area contributed by atoms with E-state index in [1.165, 1.54) is 25.3 Å². The molecule has 0 fully saturated rings. The first-order valence-electron chi connectivity index (χ1n) is 6.10. The summed E-state index contributed by atoms with van der Waals surface area (Å²) in [7, 11) is 1.28. The molecule has 0 amide bonds. The number of benzene rings is 2. The van der Waals surface area contributed by atoms with Crippen LogP contribution in [-0.2, 0) is 16.0 Å². The second-order valence-corrected chi connectivity index (χ2v) is 4.29. The fourth-order valence-electron chi connectivity index (χ4n) is 1.85. The molecule has 2 aromatic carbocycles. The van der Waals surface area contributed by atoms with Crippen molar-refractivity contribution in [2.24, 2.45) is 0 Å². The number of aromatic hydroxyl groups is 1. The van der Waals surface area contributed by atoms with Gasteiger partial charge < -0.3 is 9.84 Å². The number of carbonyl (C=O) groups excluding carboxylic acids is 2. The Morgan fingerprint density at radius 3 is 2.40 bits per heavy atom. The summed E-state index contributed by atoms with van der Waals surface area (Å²) < 4.78 is 4.56. The van der Waals surface area contributed by atoms with E-state index in [1.54, 1.807) is 24.3 Å². The van der Waals surface area contributed by atoms with E-state index in [2.05, 4.69) is 4.74 Å². The number of ether oxygens (including phenoxy) is 1. The predicted octanol–water partition coefficient (Wildman–Crippen LogP) is 2.34. The summed E-state index contributed by atoms with van der Waals surface area (Å²) >= 11 is 0. The van der Waals surface area contributed by atoms with Gasteiger partial charge in [-0.1, -0.05) is 30.3 Å². The molecule has 0 bridgehead atoms. The van der Waals surface area contributed by atoms with E-state index in [0.717, 1.165) is 0 Å². The minimum atomic E-state index is -0.468. The second-order valence-electron chi connectivity index (χ2n) is 4.29. The minimum Gasteiger partial charge on any atom is -0.508 e. The van der Waals surface area contributed by atoms with E-state index in [4.69, 9.17) is 0 Å². The zero-order chi connectivity index (χ0) is 14.5. The van der Waals surface area contributed by atoms with Gasteiger partial charge in [0, 0.05) is 16.7 Å².